The summed E-state index contributed by atoms with van der Waals surface area (Å²) in [6.07, 6.45) is 1.19. The molecule has 18 heavy (non-hydrogen) atoms. The van der Waals surface area contributed by atoms with Crippen LogP contribution in [0.15, 0.2) is 0 Å². The van der Waals surface area contributed by atoms with E-state index in [1.807, 2.05) is 4.90 Å². The first-order chi connectivity index (χ1) is 8.19. The van der Waals surface area contributed by atoms with Crippen LogP contribution in [0.1, 0.15) is 13.3 Å². The van der Waals surface area contributed by atoms with Crippen LogP contribution in [0.4, 0.5) is 0 Å². The van der Waals surface area contributed by atoms with Crippen LogP contribution < -0.4 is 5.32 Å². The van der Waals surface area contributed by atoms with Gasteiger partial charge in [0.15, 0.2) is 0 Å². The minimum Gasteiger partial charge on any atom is -0.383 e. The third kappa shape index (κ3) is 5.52. The van der Waals surface area contributed by atoms with Gasteiger partial charge in [0.25, 0.3) is 0 Å². The molecular formula is C12H25ClN2O3. The second-order valence-electron chi connectivity index (χ2n) is 4.55. The number of rotatable bonds is 6. The number of hydrogen-bond donors (Lipinski definition) is 1. The van der Waals surface area contributed by atoms with Gasteiger partial charge in [0, 0.05) is 33.9 Å². The Hall–Kier alpha value is -0.360. The third-order valence-corrected chi connectivity index (χ3v) is 3.30. The minimum absolute atomic E-state index is 0. The first-order valence-electron chi connectivity index (χ1n) is 6.19. The molecule has 1 N–H and O–H groups in total. The minimum atomic E-state index is 0. The number of carbonyl (C=O) groups is 1. The number of nitrogens with one attached hydrogen (secondary N) is 1. The monoisotopic (exact) mass is 280 g/mol. The largest absolute Gasteiger partial charge is 0.383 e. The summed E-state index contributed by atoms with van der Waals surface area (Å²) in [4.78, 5) is 13.8. The lowest BCUT2D eigenvalue weighted by Crippen LogP contribution is -2.49. The van der Waals surface area contributed by atoms with Crippen molar-refractivity contribution in [2.45, 2.75) is 19.4 Å². The Kier molecular flexibility index (Phi) is 9.36. The molecule has 1 fully saturated rings. The maximum absolute atomic E-state index is 11.9. The molecule has 1 aliphatic heterocycles. The quantitative estimate of drug-likeness (QED) is 0.721. The molecule has 0 aromatic rings. The lowest BCUT2D eigenvalue weighted by atomic mass is 9.96. The van der Waals surface area contributed by atoms with Gasteiger partial charge in [-0.05, 0) is 12.3 Å². The van der Waals surface area contributed by atoms with E-state index in [0.717, 1.165) is 13.0 Å². The molecular weight excluding hydrogens is 256 g/mol. The van der Waals surface area contributed by atoms with Gasteiger partial charge in [-0.25, -0.2) is 0 Å². The van der Waals surface area contributed by atoms with Crippen molar-refractivity contribution in [3.63, 3.8) is 0 Å². The summed E-state index contributed by atoms with van der Waals surface area (Å²) in [5.74, 6) is 0.681. The number of likely N-dealkylation sites (tertiary alicyclic amines) is 1. The molecule has 1 saturated heterocycles. The number of nitrogens with zero attached hydrogens (tertiary/aromatic N) is 1. The van der Waals surface area contributed by atoms with Crippen LogP contribution in [0.25, 0.3) is 0 Å². The number of methoxy groups -OCH3 is 2. The van der Waals surface area contributed by atoms with Gasteiger partial charge in [-0.3, -0.25) is 4.79 Å². The van der Waals surface area contributed by atoms with Gasteiger partial charge in [-0.15, -0.1) is 12.4 Å². The van der Waals surface area contributed by atoms with Crippen LogP contribution in [-0.2, 0) is 14.3 Å². The molecule has 0 aliphatic carbocycles. The summed E-state index contributed by atoms with van der Waals surface area (Å²) in [6, 6.07) is 0. The van der Waals surface area contributed by atoms with Crippen LogP contribution in [-0.4, -0.2) is 63.9 Å². The number of ether oxygens (including phenoxy) is 2. The van der Waals surface area contributed by atoms with Crippen molar-refractivity contribution >= 4 is 18.3 Å². The first kappa shape index (κ1) is 17.6. The van der Waals surface area contributed by atoms with Crippen molar-refractivity contribution in [2.24, 2.45) is 5.92 Å². The van der Waals surface area contributed by atoms with Gasteiger partial charge in [0.1, 0.15) is 0 Å². The van der Waals surface area contributed by atoms with E-state index in [1.165, 1.54) is 0 Å². The van der Waals surface area contributed by atoms with Gasteiger partial charge < -0.3 is 19.7 Å². The average molecular weight is 281 g/mol. The molecule has 0 spiro atoms. The molecule has 1 aliphatic rings. The Morgan fingerprint density at radius 3 is 2.78 bits per heavy atom. The van der Waals surface area contributed by atoms with E-state index in [4.69, 9.17) is 9.47 Å². The van der Waals surface area contributed by atoms with E-state index in [-0.39, 0.29) is 24.4 Å². The van der Waals surface area contributed by atoms with E-state index in [9.17, 15) is 4.79 Å². The topological polar surface area (TPSA) is 50.8 Å². The van der Waals surface area contributed by atoms with Crippen LogP contribution >= 0.6 is 12.4 Å². The maximum Gasteiger partial charge on any atom is 0.236 e. The summed E-state index contributed by atoms with van der Waals surface area (Å²) >= 11 is 0. The summed E-state index contributed by atoms with van der Waals surface area (Å²) in [6.45, 7) is 5.44. The average Bonchev–Trinajstić information content (AvgIpc) is 2.35. The molecule has 108 valence electrons. The van der Waals surface area contributed by atoms with Crippen molar-refractivity contribution in [1.82, 2.24) is 10.2 Å². The van der Waals surface area contributed by atoms with E-state index < -0.39 is 0 Å². The lowest BCUT2D eigenvalue weighted by molar-refractivity contribution is -0.135. The van der Waals surface area contributed by atoms with Crippen molar-refractivity contribution in [2.75, 3.05) is 47.0 Å². The SMILES string of the molecule is COCCNCC(=O)N1CCC(C)C(OC)C1.Cl. The normalized spacial score (nSPS) is 23.6. The van der Waals surface area contributed by atoms with Crippen LogP contribution in [0.3, 0.4) is 0 Å². The van der Waals surface area contributed by atoms with Gasteiger partial charge in [-0.1, -0.05) is 6.92 Å². The Balaban J connectivity index is 0.00000289. The van der Waals surface area contributed by atoms with E-state index in [1.54, 1.807) is 14.2 Å². The van der Waals surface area contributed by atoms with Gasteiger partial charge in [0.2, 0.25) is 5.91 Å². The zero-order chi connectivity index (χ0) is 12.7. The maximum atomic E-state index is 11.9. The van der Waals surface area contributed by atoms with Gasteiger partial charge >= 0.3 is 0 Å². The molecule has 0 radical (unpaired) electrons. The van der Waals surface area contributed by atoms with E-state index in [2.05, 4.69) is 12.2 Å². The summed E-state index contributed by atoms with van der Waals surface area (Å²) < 4.78 is 10.3. The molecule has 0 bridgehead atoms. The highest BCUT2D eigenvalue weighted by atomic mass is 35.5. The van der Waals surface area contributed by atoms with Crippen LogP contribution in [0.5, 0.6) is 0 Å². The number of amides is 1. The zero-order valence-electron chi connectivity index (χ0n) is 11.5. The third-order valence-electron chi connectivity index (χ3n) is 3.30. The van der Waals surface area contributed by atoms with Crippen molar-refractivity contribution < 1.29 is 14.3 Å². The predicted molar refractivity (Wildman–Crippen MR) is 73.2 cm³/mol. The van der Waals surface area contributed by atoms with Crippen molar-refractivity contribution in [3.8, 4) is 0 Å². The van der Waals surface area contributed by atoms with Crippen LogP contribution in [0.2, 0.25) is 0 Å². The summed E-state index contributed by atoms with van der Waals surface area (Å²) in [5.41, 5.74) is 0. The Labute approximate surface area is 116 Å². The van der Waals surface area contributed by atoms with Crippen LogP contribution in [0, 0.1) is 5.92 Å². The fraction of sp³-hybridized carbons (Fsp3) is 0.917. The molecule has 0 aromatic heterocycles. The van der Waals surface area contributed by atoms with Gasteiger partial charge in [0.05, 0.1) is 19.3 Å². The number of carbonyl (C=O) groups excluding carboxylic acids is 1. The molecule has 1 rings (SSSR count). The molecule has 2 unspecified atom stereocenters. The molecule has 0 saturated carbocycles. The second-order valence-corrected chi connectivity index (χ2v) is 4.55. The Bertz CT molecular complexity index is 241. The summed E-state index contributed by atoms with van der Waals surface area (Å²) in [5, 5.41) is 3.07. The second kappa shape index (κ2) is 9.55. The number of halogens is 1. The predicted octanol–water partition coefficient (Wildman–Crippen LogP) is 0.528. The Morgan fingerprint density at radius 1 is 1.44 bits per heavy atom. The lowest BCUT2D eigenvalue weighted by Gasteiger charge is -2.36. The highest BCUT2D eigenvalue weighted by molar-refractivity contribution is 5.85. The molecule has 5 nitrogen and oxygen atoms in total. The highest BCUT2D eigenvalue weighted by Gasteiger charge is 2.28. The van der Waals surface area contributed by atoms with Crippen molar-refractivity contribution in [3.05, 3.63) is 0 Å². The smallest absolute Gasteiger partial charge is 0.236 e. The molecule has 1 amide bonds. The van der Waals surface area contributed by atoms with E-state index >= 15 is 0 Å². The molecule has 6 heteroatoms. The fourth-order valence-electron chi connectivity index (χ4n) is 2.05. The first-order valence-corrected chi connectivity index (χ1v) is 6.19. The Morgan fingerprint density at radius 2 is 2.17 bits per heavy atom. The zero-order valence-corrected chi connectivity index (χ0v) is 12.3. The number of hydrogen-bond acceptors (Lipinski definition) is 4. The van der Waals surface area contributed by atoms with Gasteiger partial charge in [-0.2, -0.15) is 0 Å². The fourth-order valence-corrected chi connectivity index (χ4v) is 2.05. The molecule has 2 atom stereocenters. The standard InChI is InChI=1S/C12H24N2O3.ClH/c1-10-4-6-14(9-11(10)17-3)12(15)8-13-5-7-16-2;/h10-11,13H,4-9H2,1-3H3;1H. The molecule has 0 aromatic carbocycles. The van der Waals surface area contributed by atoms with E-state index in [0.29, 0.717) is 32.2 Å². The summed E-state index contributed by atoms with van der Waals surface area (Å²) in [7, 11) is 3.37. The highest BCUT2D eigenvalue weighted by Crippen LogP contribution is 2.19. The number of piperidine rings is 1. The molecule has 1 heterocycles. The van der Waals surface area contributed by atoms with Crippen molar-refractivity contribution in [1.29, 1.82) is 0 Å².